The molecule has 1 atom stereocenters. The Balaban J connectivity index is 2.14. The first-order valence-corrected chi connectivity index (χ1v) is 5.72. The Bertz CT molecular complexity index is 252. The minimum atomic E-state index is -2.73. The van der Waals surface area contributed by atoms with Gasteiger partial charge in [0.1, 0.15) is 0 Å². The van der Waals surface area contributed by atoms with Crippen molar-refractivity contribution >= 4 is 0 Å². The summed E-state index contributed by atoms with van der Waals surface area (Å²) in [5, 5.41) is 19.8. The number of alkyl halides is 2. The van der Waals surface area contributed by atoms with E-state index in [1.807, 2.05) is 0 Å². The molecule has 5 heteroatoms. The minimum Gasteiger partial charge on any atom is -0.396 e. The van der Waals surface area contributed by atoms with Crippen LogP contribution in [0.3, 0.4) is 0 Å². The predicted molar refractivity (Wildman–Crippen MR) is 53.3 cm³/mol. The highest BCUT2D eigenvalue weighted by Gasteiger charge is 2.65. The van der Waals surface area contributed by atoms with Gasteiger partial charge in [0.25, 0.3) is 0 Å². The second-order valence-corrected chi connectivity index (χ2v) is 5.15. The van der Waals surface area contributed by atoms with E-state index in [-0.39, 0.29) is 6.61 Å². The lowest BCUT2D eigenvalue weighted by atomic mass is 9.55. The van der Waals surface area contributed by atoms with Gasteiger partial charge in [-0.05, 0) is 12.8 Å². The van der Waals surface area contributed by atoms with Gasteiger partial charge < -0.3 is 14.9 Å². The van der Waals surface area contributed by atoms with Crippen molar-refractivity contribution in [3.63, 3.8) is 0 Å². The third-order valence-electron chi connectivity index (χ3n) is 4.02. The van der Waals surface area contributed by atoms with E-state index in [1.54, 1.807) is 0 Å². The average molecular weight is 236 g/mol. The zero-order chi connectivity index (χ0) is 11.9. The van der Waals surface area contributed by atoms with Crippen molar-refractivity contribution in [2.24, 2.45) is 5.41 Å². The topological polar surface area (TPSA) is 49.7 Å². The van der Waals surface area contributed by atoms with Crippen LogP contribution in [0.4, 0.5) is 8.78 Å². The molecule has 1 saturated heterocycles. The summed E-state index contributed by atoms with van der Waals surface area (Å²) in [4.78, 5) is 0. The molecule has 1 unspecified atom stereocenters. The van der Waals surface area contributed by atoms with Crippen LogP contribution in [0.25, 0.3) is 0 Å². The van der Waals surface area contributed by atoms with Crippen LogP contribution in [-0.4, -0.2) is 41.6 Å². The van der Waals surface area contributed by atoms with Gasteiger partial charge in [-0.15, -0.1) is 0 Å². The molecule has 2 N–H and O–H groups in total. The average Bonchev–Trinajstić information content (AvgIpc) is 2.39. The fourth-order valence-electron chi connectivity index (χ4n) is 2.99. The number of rotatable bonds is 2. The van der Waals surface area contributed by atoms with Crippen LogP contribution in [0, 0.1) is 5.41 Å². The molecule has 1 aliphatic carbocycles. The molecule has 0 aromatic heterocycles. The Hall–Kier alpha value is -0.260. The highest BCUT2D eigenvalue weighted by atomic mass is 19.3. The van der Waals surface area contributed by atoms with Gasteiger partial charge in [-0.1, -0.05) is 0 Å². The van der Waals surface area contributed by atoms with Crippen molar-refractivity contribution in [2.45, 2.75) is 43.6 Å². The molecule has 0 aromatic carbocycles. The van der Waals surface area contributed by atoms with Crippen LogP contribution >= 0.6 is 0 Å². The van der Waals surface area contributed by atoms with Crippen molar-refractivity contribution in [3.8, 4) is 0 Å². The fourth-order valence-corrected chi connectivity index (χ4v) is 2.99. The summed E-state index contributed by atoms with van der Waals surface area (Å²) in [7, 11) is 0. The first-order chi connectivity index (χ1) is 7.43. The van der Waals surface area contributed by atoms with E-state index in [4.69, 9.17) is 4.74 Å². The van der Waals surface area contributed by atoms with Crippen molar-refractivity contribution in [2.75, 3.05) is 19.8 Å². The van der Waals surface area contributed by atoms with Gasteiger partial charge in [0.05, 0.1) is 12.2 Å². The summed E-state index contributed by atoms with van der Waals surface area (Å²) in [6.45, 7) is 0.559. The zero-order valence-corrected chi connectivity index (χ0v) is 9.22. The summed E-state index contributed by atoms with van der Waals surface area (Å²) in [5.41, 5.74) is -2.22. The summed E-state index contributed by atoms with van der Waals surface area (Å²) in [6, 6.07) is 0. The normalized spacial score (nSPS) is 37.5. The number of aliphatic hydroxyl groups excluding tert-OH is 1. The zero-order valence-electron chi connectivity index (χ0n) is 9.22. The smallest absolute Gasteiger partial charge is 0.249 e. The minimum absolute atomic E-state index is 0.337. The van der Waals surface area contributed by atoms with E-state index in [1.165, 1.54) is 0 Å². The van der Waals surface area contributed by atoms with Gasteiger partial charge in [0, 0.05) is 37.9 Å². The van der Waals surface area contributed by atoms with E-state index in [0.29, 0.717) is 32.5 Å². The second-order valence-electron chi connectivity index (χ2n) is 5.15. The molecule has 0 spiro atoms. The van der Waals surface area contributed by atoms with E-state index >= 15 is 0 Å². The Morgan fingerprint density at radius 2 is 1.81 bits per heavy atom. The first-order valence-electron chi connectivity index (χ1n) is 5.72. The summed E-state index contributed by atoms with van der Waals surface area (Å²) < 4.78 is 31.2. The van der Waals surface area contributed by atoms with Crippen LogP contribution in [0.1, 0.15) is 32.1 Å². The van der Waals surface area contributed by atoms with Gasteiger partial charge in [-0.3, -0.25) is 0 Å². The van der Waals surface area contributed by atoms with E-state index in [2.05, 4.69) is 0 Å². The van der Waals surface area contributed by atoms with Crippen molar-refractivity contribution in [3.05, 3.63) is 0 Å². The second kappa shape index (κ2) is 3.89. The molecule has 1 saturated carbocycles. The monoisotopic (exact) mass is 236 g/mol. The van der Waals surface area contributed by atoms with E-state index in [0.717, 1.165) is 0 Å². The van der Waals surface area contributed by atoms with E-state index < -0.39 is 29.8 Å². The highest BCUT2D eigenvalue weighted by Crippen LogP contribution is 2.59. The summed E-state index contributed by atoms with van der Waals surface area (Å²) in [6.07, 6.45) is 0.608. The maximum atomic E-state index is 13.0. The van der Waals surface area contributed by atoms with Gasteiger partial charge >= 0.3 is 0 Å². The SMILES string of the molecule is OCC1(C2(O)CCCOCC2)CC(F)(F)C1. The Kier molecular flexibility index (Phi) is 2.97. The maximum Gasteiger partial charge on any atom is 0.249 e. The molecule has 94 valence electrons. The standard InChI is InChI=1S/C11H18F2O3/c12-11(13)6-9(7-11,8-14)10(15)2-1-4-16-5-3-10/h14-15H,1-8H2. The molecule has 2 aliphatic rings. The molecule has 0 bridgehead atoms. The third kappa shape index (κ3) is 1.85. The molecule has 2 fully saturated rings. The fraction of sp³-hybridized carbons (Fsp3) is 1.00. The molecule has 0 radical (unpaired) electrons. The molecular weight excluding hydrogens is 218 g/mol. The van der Waals surface area contributed by atoms with Crippen molar-refractivity contribution < 1.29 is 23.7 Å². The predicted octanol–water partition coefficient (Wildman–Crippen LogP) is 1.33. The first kappa shape index (κ1) is 12.2. The van der Waals surface area contributed by atoms with Crippen LogP contribution in [0.2, 0.25) is 0 Å². The van der Waals surface area contributed by atoms with Crippen molar-refractivity contribution in [1.82, 2.24) is 0 Å². The van der Waals surface area contributed by atoms with Crippen LogP contribution in [-0.2, 0) is 4.74 Å². The molecule has 1 aliphatic heterocycles. The van der Waals surface area contributed by atoms with Crippen LogP contribution in [0.15, 0.2) is 0 Å². The molecule has 3 nitrogen and oxygen atoms in total. The van der Waals surface area contributed by atoms with E-state index in [9.17, 15) is 19.0 Å². The number of aliphatic hydroxyl groups is 2. The largest absolute Gasteiger partial charge is 0.396 e. The number of hydrogen-bond acceptors (Lipinski definition) is 3. The third-order valence-corrected chi connectivity index (χ3v) is 4.02. The molecular formula is C11H18F2O3. The van der Waals surface area contributed by atoms with Crippen LogP contribution in [0.5, 0.6) is 0 Å². The number of halogens is 2. The molecule has 0 amide bonds. The van der Waals surface area contributed by atoms with Gasteiger partial charge in [-0.2, -0.15) is 0 Å². The maximum absolute atomic E-state index is 13.0. The molecule has 1 heterocycles. The summed E-state index contributed by atoms with van der Waals surface area (Å²) >= 11 is 0. The highest BCUT2D eigenvalue weighted by molar-refractivity contribution is 5.10. The lowest BCUT2D eigenvalue weighted by Crippen LogP contribution is -2.62. The number of hydrogen-bond donors (Lipinski definition) is 2. The lowest BCUT2D eigenvalue weighted by Gasteiger charge is -2.55. The lowest BCUT2D eigenvalue weighted by molar-refractivity contribution is -0.255. The Morgan fingerprint density at radius 3 is 2.38 bits per heavy atom. The quantitative estimate of drug-likeness (QED) is 0.760. The molecule has 16 heavy (non-hydrogen) atoms. The summed E-state index contributed by atoms with van der Waals surface area (Å²) in [5.74, 6) is -2.73. The van der Waals surface area contributed by atoms with Crippen molar-refractivity contribution in [1.29, 1.82) is 0 Å². The Morgan fingerprint density at radius 1 is 1.12 bits per heavy atom. The van der Waals surface area contributed by atoms with Gasteiger partial charge in [-0.25, -0.2) is 8.78 Å². The molecule has 0 aromatic rings. The molecule has 2 rings (SSSR count). The van der Waals surface area contributed by atoms with Gasteiger partial charge in [0.15, 0.2) is 0 Å². The van der Waals surface area contributed by atoms with Gasteiger partial charge in [0.2, 0.25) is 5.92 Å². The van der Waals surface area contributed by atoms with Crippen LogP contribution < -0.4 is 0 Å². The Labute approximate surface area is 93.4 Å². The number of ether oxygens (including phenoxy) is 1.